The lowest BCUT2D eigenvalue weighted by Gasteiger charge is -2.61. The van der Waals surface area contributed by atoms with E-state index in [0.717, 1.165) is 0 Å². The number of esters is 6. The number of fused-ring (bicyclic) bond motifs is 3. The summed E-state index contributed by atoms with van der Waals surface area (Å²) in [6, 6.07) is 8.12. The van der Waals surface area contributed by atoms with E-state index < -0.39 is 107 Å². The first-order chi connectivity index (χ1) is 25.5. The lowest BCUT2D eigenvalue weighted by Crippen LogP contribution is -2.68. The quantitative estimate of drug-likeness (QED) is 0.203. The van der Waals surface area contributed by atoms with Gasteiger partial charge < -0.3 is 33.5 Å². The van der Waals surface area contributed by atoms with Crippen molar-refractivity contribution in [3.8, 4) is 0 Å². The maximum absolute atomic E-state index is 14.0. The number of likely N-dealkylation sites (N-methyl/N-ethyl adjacent to an activating group) is 1. The summed E-state index contributed by atoms with van der Waals surface area (Å²) in [5, 5.41) is 11.5. The van der Waals surface area contributed by atoms with Gasteiger partial charge in [0.15, 0.2) is 18.3 Å². The summed E-state index contributed by atoms with van der Waals surface area (Å²) in [6.45, 7) is 17.6. The van der Waals surface area contributed by atoms with Crippen LogP contribution in [0.25, 0.3) is 0 Å². The molecule has 0 saturated heterocycles. The normalized spacial score (nSPS) is 31.0. The van der Waals surface area contributed by atoms with Gasteiger partial charge in [-0.1, -0.05) is 57.7 Å². The first-order valence-electron chi connectivity index (χ1n) is 18.4. The van der Waals surface area contributed by atoms with E-state index in [1.54, 1.807) is 57.1 Å². The first kappa shape index (κ1) is 43.2. The smallest absolute Gasteiger partial charge is 0.337 e. The van der Waals surface area contributed by atoms with E-state index in [1.807, 2.05) is 19.9 Å². The Morgan fingerprint density at radius 2 is 1.31 bits per heavy atom. The lowest BCUT2D eigenvalue weighted by molar-refractivity contribution is -0.231. The Balaban J connectivity index is 2.01. The van der Waals surface area contributed by atoms with Crippen LogP contribution in [0.2, 0.25) is 0 Å². The van der Waals surface area contributed by atoms with Crippen LogP contribution in [0.4, 0.5) is 0 Å². The largest absolute Gasteiger partial charge is 0.462 e. The van der Waals surface area contributed by atoms with Gasteiger partial charge in [-0.05, 0) is 55.1 Å². The molecule has 1 N–H and O–H groups in total. The van der Waals surface area contributed by atoms with Gasteiger partial charge in [-0.2, -0.15) is 0 Å². The third-order valence-electron chi connectivity index (χ3n) is 11.5. The van der Waals surface area contributed by atoms with Crippen LogP contribution in [0.3, 0.4) is 0 Å². The van der Waals surface area contributed by atoms with Crippen LogP contribution >= 0.6 is 0 Å². The number of carbonyl (C=O) groups excluding carboxylic acids is 6. The second-order valence-electron chi connectivity index (χ2n) is 15.8. The van der Waals surface area contributed by atoms with E-state index in [-0.39, 0.29) is 18.4 Å². The molecule has 11 atom stereocenters. The molecule has 3 aliphatic carbocycles. The second-order valence-corrected chi connectivity index (χ2v) is 15.8. The van der Waals surface area contributed by atoms with E-state index in [9.17, 15) is 33.9 Å². The number of ether oxygens (including phenoxy) is 6. The molecule has 0 aromatic heterocycles. The Morgan fingerprint density at radius 1 is 0.764 bits per heavy atom. The molecule has 1 aromatic rings. The summed E-state index contributed by atoms with van der Waals surface area (Å²) < 4.78 is 36.4. The molecule has 0 radical (unpaired) electrons. The molecule has 2 fully saturated rings. The highest BCUT2D eigenvalue weighted by Gasteiger charge is 2.68. The number of aliphatic hydroxyl groups is 1. The lowest BCUT2D eigenvalue weighted by atomic mass is 9.48. The monoisotopic (exact) mass is 769 g/mol. The molecule has 302 valence electrons. The van der Waals surface area contributed by atoms with Gasteiger partial charge in [0.1, 0.15) is 24.4 Å². The van der Waals surface area contributed by atoms with E-state index in [0.29, 0.717) is 16.7 Å². The summed E-state index contributed by atoms with van der Waals surface area (Å²) in [7, 11) is 3.42. The Labute approximate surface area is 322 Å². The zero-order valence-electron chi connectivity index (χ0n) is 33.6. The molecule has 14 heteroatoms. The molecule has 0 aliphatic heterocycles. The molecule has 55 heavy (non-hydrogen) atoms. The summed E-state index contributed by atoms with van der Waals surface area (Å²) in [5.74, 6) is -6.24. The van der Waals surface area contributed by atoms with Crippen molar-refractivity contribution in [3.05, 3.63) is 59.2 Å². The summed E-state index contributed by atoms with van der Waals surface area (Å²) in [4.78, 5) is 80.3. The molecule has 0 spiro atoms. The van der Waals surface area contributed by atoms with E-state index >= 15 is 0 Å². The second kappa shape index (κ2) is 16.7. The maximum Gasteiger partial charge on any atom is 0.337 e. The van der Waals surface area contributed by atoms with Crippen LogP contribution in [0.5, 0.6) is 0 Å². The molecular formula is C41H55NO13. The highest BCUT2D eigenvalue weighted by Crippen LogP contribution is 2.62. The van der Waals surface area contributed by atoms with Crippen molar-refractivity contribution in [3.63, 3.8) is 0 Å². The summed E-state index contributed by atoms with van der Waals surface area (Å²) in [6.07, 6.45) is -8.94. The van der Waals surface area contributed by atoms with Crippen molar-refractivity contribution in [1.82, 2.24) is 4.90 Å². The van der Waals surface area contributed by atoms with E-state index in [4.69, 9.17) is 28.4 Å². The van der Waals surface area contributed by atoms with Gasteiger partial charge in [0.2, 0.25) is 0 Å². The fourth-order valence-corrected chi connectivity index (χ4v) is 9.35. The van der Waals surface area contributed by atoms with Gasteiger partial charge in [0.05, 0.1) is 11.5 Å². The molecule has 1 aromatic carbocycles. The number of hydrogen-bond donors (Lipinski definition) is 1. The van der Waals surface area contributed by atoms with Crippen molar-refractivity contribution < 1.29 is 62.3 Å². The van der Waals surface area contributed by atoms with E-state index in [2.05, 4.69) is 6.58 Å². The van der Waals surface area contributed by atoms with E-state index in [1.165, 1.54) is 34.6 Å². The number of rotatable bonds is 10. The maximum atomic E-state index is 14.0. The van der Waals surface area contributed by atoms with Gasteiger partial charge in [-0.15, -0.1) is 0 Å². The Morgan fingerprint density at radius 3 is 1.82 bits per heavy atom. The molecule has 14 nitrogen and oxygen atoms in total. The number of benzene rings is 1. The minimum absolute atomic E-state index is 0.147. The van der Waals surface area contributed by atoms with Crippen LogP contribution in [0.15, 0.2) is 53.6 Å². The Kier molecular flexibility index (Phi) is 13.1. The van der Waals surface area contributed by atoms with Crippen LogP contribution in [0.1, 0.15) is 86.8 Å². The zero-order chi connectivity index (χ0) is 41.3. The molecule has 2 saturated carbocycles. The average Bonchev–Trinajstić information content (AvgIpc) is 3.05. The molecular weight excluding hydrogens is 714 g/mol. The third-order valence-corrected chi connectivity index (χ3v) is 11.5. The fourth-order valence-electron chi connectivity index (χ4n) is 9.35. The van der Waals surface area contributed by atoms with Crippen molar-refractivity contribution >= 4 is 35.8 Å². The third kappa shape index (κ3) is 8.65. The highest BCUT2D eigenvalue weighted by atomic mass is 16.6. The SMILES string of the molecule is C=C1[C@@H](OC(=O)[C@H](O)[C@H](c2ccccc2)N(C)C)C[C@H](OC(C)=O)[C@@]2(C)[C@@H](OC(C)=O)[C@H](OC(C)=O)C3=C(C)C(OC(C)=O)C[C@@H]([C@@H](OC(C)=O)[C@H]12)C3(C)C. The summed E-state index contributed by atoms with van der Waals surface area (Å²) >= 11 is 0. The molecule has 3 aliphatic rings. The number of nitrogens with zero attached hydrogens (tertiary/aromatic N) is 1. The zero-order valence-corrected chi connectivity index (χ0v) is 33.6. The van der Waals surface area contributed by atoms with Crippen molar-refractivity contribution in [2.45, 2.75) is 124 Å². The first-order valence-corrected chi connectivity index (χ1v) is 18.4. The highest BCUT2D eigenvalue weighted by molar-refractivity contribution is 5.76. The molecule has 4 rings (SSSR count). The Bertz CT molecular complexity index is 1720. The molecule has 1 unspecified atom stereocenters. The van der Waals surface area contributed by atoms with Crippen LogP contribution < -0.4 is 0 Å². The summed E-state index contributed by atoms with van der Waals surface area (Å²) in [5.41, 5.74) is -0.661. The minimum atomic E-state index is -1.67. The fraction of sp³-hybridized carbons (Fsp3) is 0.610. The molecule has 0 heterocycles. The van der Waals surface area contributed by atoms with Crippen molar-refractivity contribution in [1.29, 1.82) is 0 Å². The minimum Gasteiger partial charge on any atom is -0.462 e. The predicted molar refractivity (Wildman–Crippen MR) is 196 cm³/mol. The van der Waals surface area contributed by atoms with Crippen LogP contribution in [-0.4, -0.2) is 103 Å². The van der Waals surface area contributed by atoms with Gasteiger partial charge in [0, 0.05) is 52.9 Å². The number of hydrogen-bond acceptors (Lipinski definition) is 14. The van der Waals surface area contributed by atoms with Crippen LogP contribution in [0, 0.1) is 22.7 Å². The van der Waals surface area contributed by atoms with Crippen molar-refractivity contribution in [2.75, 3.05) is 14.1 Å². The van der Waals surface area contributed by atoms with Gasteiger partial charge >= 0.3 is 35.8 Å². The number of carbonyl (C=O) groups is 6. The topological polar surface area (TPSA) is 181 Å². The van der Waals surface area contributed by atoms with Gasteiger partial charge in [-0.25, -0.2) is 4.79 Å². The number of aliphatic hydroxyl groups excluding tert-OH is 1. The Hall–Kier alpha value is -4.56. The molecule has 2 bridgehead atoms. The van der Waals surface area contributed by atoms with Crippen LogP contribution in [-0.2, 0) is 57.2 Å². The standard InChI is InChI=1S/C41H55NO13/c1-20-29(50-22(3)43)18-28-36(52-24(5)45)33-21(2)30(55-39(49)35(48)34(42(11)12)27-16-14-13-15-17-27)19-31(51-23(4)44)41(33,10)38(54-26(7)47)37(53-25(6)46)32(20)40(28,8)9/h13-17,28-31,33-38,48H,2,18-19H2,1,3-12H3/t28-,29?,30-,31-,33-,34-,35+,36+,37+,38-,41+/m0/s1. The average molecular weight is 770 g/mol. The molecule has 0 amide bonds. The predicted octanol–water partition coefficient (Wildman–Crippen LogP) is 4.18. The van der Waals surface area contributed by atoms with Gasteiger partial charge in [0.25, 0.3) is 0 Å². The van der Waals surface area contributed by atoms with Crippen molar-refractivity contribution in [2.24, 2.45) is 22.7 Å². The van der Waals surface area contributed by atoms with Gasteiger partial charge in [-0.3, -0.25) is 28.9 Å².